The number of nitrogens with one attached hydrogen (secondary N) is 2. The highest BCUT2D eigenvalue weighted by Crippen LogP contribution is 2.37. The number of carbonyl (C=O) groups is 1. The van der Waals surface area contributed by atoms with E-state index in [1.165, 1.54) is 19.3 Å². The zero-order valence-electron chi connectivity index (χ0n) is 10.8. The van der Waals surface area contributed by atoms with Gasteiger partial charge in [-0.15, -0.1) is 11.8 Å². The summed E-state index contributed by atoms with van der Waals surface area (Å²) in [4.78, 5) is 12.1. The molecule has 4 heteroatoms. The molecule has 2 unspecified atom stereocenters. The Morgan fingerprint density at radius 2 is 2.41 bits per heavy atom. The van der Waals surface area contributed by atoms with Gasteiger partial charge in [-0.3, -0.25) is 4.79 Å². The minimum Gasteiger partial charge on any atom is -0.355 e. The first-order valence-corrected chi connectivity index (χ1v) is 7.82. The highest BCUT2D eigenvalue weighted by Gasteiger charge is 2.36. The van der Waals surface area contributed by atoms with Crippen molar-refractivity contribution in [3.8, 4) is 0 Å². The van der Waals surface area contributed by atoms with Crippen LogP contribution in [0.15, 0.2) is 0 Å². The van der Waals surface area contributed by atoms with Crippen LogP contribution in [-0.4, -0.2) is 36.0 Å². The molecule has 0 aromatic rings. The van der Waals surface area contributed by atoms with Gasteiger partial charge in [0.25, 0.3) is 0 Å². The van der Waals surface area contributed by atoms with Crippen molar-refractivity contribution in [2.24, 2.45) is 5.92 Å². The molecule has 2 aliphatic heterocycles. The molecule has 1 amide bonds. The molecular weight excluding hydrogens is 232 g/mol. The van der Waals surface area contributed by atoms with E-state index in [2.05, 4.69) is 17.6 Å². The zero-order chi connectivity index (χ0) is 12.1. The Morgan fingerprint density at radius 1 is 1.53 bits per heavy atom. The van der Waals surface area contributed by atoms with E-state index in [9.17, 15) is 4.79 Å². The van der Waals surface area contributed by atoms with E-state index in [0.717, 1.165) is 44.1 Å². The van der Waals surface area contributed by atoms with Crippen LogP contribution in [-0.2, 0) is 4.79 Å². The van der Waals surface area contributed by atoms with Crippen molar-refractivity contribution in [3.05, 3.63) is 0 Å². The molecule has 3 nitrogen and oxygen atoms in total. The van der Waals surface area contributed by atoms with Gasteiger partial charge in [-0.1, -0.05) is 0 Å². The summed E-state index contributed by atoms with van der Waals surface area (Å²) in [6.07, 6.45) is 5.94. The first kappa shape index (κ1) is 13.2. The second kappa shape index (κ2) is 6.10. The van der Waals surface area contributed by atoms with E-state index in [4.69, 9.17) is 0 Å². The zero-order valence-corrected chi connectivity index (χ0v) is 11.6. The predicted octanol–water partition coefficient (Wildman–Crippen LogP) is 1.78. The molecule has 2 heterocycles. The van der Waals surface area contributed by atoms with Gasteiger partial charge in [0.15, 0.2) is 0 Å². The van der Waals surface area contributed by atoms with Gasteiger partial charge in [0, 0.05) is 6.54 Å². The summed E-state index contributed by atoms with van der Waals surface area (Å²) in [5, 5.41) is 6.54. The topological polar surface area (TPSA) is 41.1 Å². The molecule has 0 bridgehead atoms. The molecule has 0 aliphatic carbocycles. The average molecular weight is 256 g/mol. The van der Waals surface area contributed by atoms with Crippen LogP contribution >= 0.6 is 11.8 Å². The van der Waals surface area contributed by atoms with E-state index >= 15 is 0 Å². The second-order valence-corrected chi connectivity index (χ2v) is 7.04. The lowest BCUT2D eigenvalue weighted by Gasteiger charge is -2.25. The largest absolute Gasteiger partial charge is 0.355 e. The van der Waals surface area contributed by atoms with Crippen LogP contribution in [0.5, 0.6) is 0 Å². The Kier molecular flexibility index (Phi) is 4.74. The highest BCUT2D eigenvalue weighted by molar-refractivity contribution is 8.01. The van der Waals surface area contributed by atoms with Gasteiger partial charge in [0.05, 0.1) is 4.75 Å². The maximum atomic E-state index is 12.1. The Hall–Kier alpha value is -0.220. The molecule has 2 aliphatic rings. The van der Waals surface area contributed by atoms with E-state index in [1.807, 2.05) is 11.8 Å². The van der Waals surface area contributed by atoms with Gasteiger partial charge < -0.3 is 10.6 Å². The number of carbonyl (C=O) groups excluding carboxylic acids is 1. The number of amides is 1. The summed E-state index contributed by atoms with van der Waals surface area (Å²) in [6.45, 7) is 5.23. The van der Waals surface area contributed by atoms with Crippen LogP contribution in [0.25, 0.3) is 0 Å². The molecule has 2 N–H and O–H groups in total. The minimum atomic E-state index is -0.148. The van der Waals surface area contributed by atoms with Crippen LogP contribution in [0.4, 0.5) is 0 Å². The molecule has 0 spiro atoms. The second-order valence-electron chi connectivity index (χ2n) is 5.44. The van der Waals surface area contributed by atoms with Gasteiger partial charge >= 0.3 is 0 Å². The fourth-order valence-electron chi connectivity index (χ4n) is 2.71. The molecular formula is C13H24N2OS. The number of piperidine rings is 1. The van der Waals surface area contributed by atoms with Gasteiger partial charge in [-0.05, 0) is 63.8 Å². The number of rotatable bonds is 4. The van der Waals surface area contributed by atoms with E-state index < -0.39 is 0 Å². The van der Waals surface area contributed by atoms with Crippen molar-refractivity contribution >= 4 is 17.7 Å². The van der Waals surface area contributed by atoms with Crippen molar-refractivity contribution in [2.45, 2.75) is 43.8 Å². The summed E-state index contributed by atoms with van der Waals surface area (Å²) < 4.78 is -0.148. The molecule has 0 radical (unpaired) electrons. The van der Waals surface area contributed by atoms with Crippen molar-refractivity contribution in [3.63, 3.8) is 0 Å². The fourth-order valence-corrected chi connectivity index (χ4v) is 3.94. The summed E-state index contributed by atoms with van der Waals surface area (Å²) in [7, 11) is 0. The normalized spacial score (nSPS) is 33.6. The quantitative estimate of drug-likeness (QED) is 0.805. The van der Waals surface area contributed by atoms with Gasteiger partial charge in [0.1, 0.15) is 0 Å². The molecule has 2 rings (SSSR count). The SMILES string of the molecule is CC1(C(=O)NCCC2CCCNC2)CCCS1. The summed E-state index contributed by atoms with van der Waals surface area (Å²) in [5.74, 6) is 2.15. The number of hydrogen-bond donors (Lipinski definition) is 2. The Morgan fingerprint density at radius 3 is 3.06 bits per heavy atom. The fraction of sp³-hybridized carbons (Fsp3) is 0.923. The van der Waals surface area contributed by atoms with E-state index in [1.54, 1.807) is 0 Å². The Bertz CT molecular complexity index is 258. The lowest BCUT2D eigenvalue weighted by atomic mass is 9.96. The lowest BCUT2D eigenvalue weighted by molar-refractivity contribution is -0.123. The van der Waals surface area contributed by atoms with E-state index in [-0.39, 0.29) is 10.7 Å². The lowest BCUT2D eigenvalue weighted by Crippen LogP contribution is -2.41. The van der Waals surface area contributed by atoms with Crippen molar-refractivity contribution in [1.29, 1.82) is 0 Å². The number of thioether (sulfide) groups is 1. The van der Waals surface area contributed by atoms with Crippen molar-refractivity contribution < 1.29 is 4.79 Å². The maximum Gasteiger partial charge on any atom is 0.235 e. The third-order valence-corrected chi connectivity index (χ3v) is 5.46. The molecule has 0 aromatic heterocycles. The van der Waals surface area contributed by atoms with Crippen molar-refractivity contribution in [1.82, 2.24) is 10.6 Å². The molecule has 0 saturated carbocycles. The van der Waals surface area contributed by atoms with Gasteiger partial charge in [0.2, 0.25) is 5.91 Å². The first-order chi connectivity index (χ1) is 8.21. The van der Waals surface area contributed by atoms with E-state index in [0.29, 0.717) is 0 Å². The summed E-state index contributed by atoms with van der Waals surface area (Å²) >= 11 is 1.81. The highest BCUT2D eigenvalue weighted by atomic mass is 32.2. The summed E-state index contributed by atoms with van der Waals surface area (Å²) in [5.41, 5.74) is 0. The predicted molar refractivity (Wildman–Crippen MR) is 73.3 cm³/mol. The van der Waals surface area contributed by atoms with Crippen LogP contribution in [0, 0.1) is 5.92 Å². The van der Waals surface area contributed by atoms with Crippen molar-refractivity contribution in [2.75, 3.05) is 25.4 Å². The first-order valence-electron chi connectivity index (χ1n) is 6.84. The van der Waals surface area contributed by atoms with Crippen LogP contribution in [0.1, 0.15) is 39.0 Å². The molecule has 98 valence electrons. The smallest absolute Gasteiger partial charge is 0.235 e. The molecule has 2 atom stereocenters. The van der Waals surface area contributed by atoms with Crippen LogP contribution in [0.2, 0.25) is 0 Å². The summed E-state index contributed by atoms with van der Waals surface area (Å²) in [6, 6.07) is 0. The maximum absolute atomic E-state index is 12.1. The molecule has 2 saturated heterocycles. The number of hydrogen-bond acceptors (Lipinski definition) is 3. The third kappa shape index (κ3) is 3.62. The Labute approximate surface area is 108 Å². The molecule has 17 heavy (non-hydrogen) atoms. The van der Waals surface area contributed by atoms with Gasteiger partial charge in [-0.2, -0.15) is 0 Å². The van der Waals surface area contributed by atoms with Crippen LogP contribution in [0.3, 0.4) is 0 Å². The monoisotopic (exact) mass is 256 g/mol. The minimum absolute atomic E-state index is 0.148. The van der Waals surface area contributed by atoms with Crippen LogP contribution < -0.4 is 10.6 Å². The standard InChI is InChI=1S/C13H24N2OS/c1-13(6-3-9-17-13)12(16)15-8-5-11-4-2-7-14-10-11/h11,14H,2-10H2,1H3,(H,15,16). The van der Waals surface area contributed by atoms with Gasteiger partial charge in [-0.25, -0.2) is 0 Å². The molecule has 0 aromatic carbocycles. The third-order valence-electron chi connectivity index (χ3n) is 3.94. The average Bonchev–Trinajstić information content (AvgIpc) is 2.79. The molecule has 2 fully saturated rings. The Balaban J connectivity index is 1.65.